The Balaban J connectivity index is 1.44. The highest BCUT2D eigenvalue weighted by Crippen LogP contribution is 2.31. The van der Waals surface area contributed by atoms with Gasteiger partial charge in [0.25, 0.3) is 0 Å². The van der Waals surface area contributed by atoms with Gasteiger partial charge < -0.3 is 20.1 Å². The number of urea groups is 1. The van der Waals surface area contributed by atoms with Crippen LogP contribution in [-0.4, -0.2) is 19.2 Å². The highest BCUT2D eigenvalue weighted by molar-refractivity contribution is 5.73. The summed E-state index contributed by atoms with van der Waals surface area (Å²) in [4.78, 5) is 11.5. The third-order valence-corrected chi connectivity index (χ3v) is 5.88. The SMILES string of the molecule is CNC(=O)N[C@@H](C)c1ccc(OC=C2CCC(Cc3ccc(OC(C)C)cc3)CC2)cc1. The van der Waals surface area contributed by atoms with Crippen LogP contribution in [0.25, 0.3) is 0 Å². The highest BCUT2D eigenvalue weighted by atomic mass is 16.5. The van der Waals surface area contributed by atoms with Crippen molar-refractivity contribution in [2.45, 2.75) is 65.0 Å². The van der Waals surface area contributed by atoms with Crippen molar-refractivity contribution in [2.75, 3.05) is 7.05 Å². The summed E-state index contributed by atoms with van der Waals surface area (Å²) in [7, 11) is 1.61. The average Bonchev–Trinajstić information content (AvgIpc) is 2.80. The first kappa shape index (κ1) is 23.7. The molecule has 3 rings (SSSR count). The van der Waals surface area contributed by atoms with Gasteiger partial charge in [-0.2, -0.15) is 0 Å². The maximum atomic E-state index is 11.5. The third-order valence-electron chi connectivity index (χ3n) is 5.88. The van der Waals surface area contributed by atoms with E-state index in [2.05, 4.69) is 34.9 Å². The molecule has 5 nitrogen and oxygen atoms in total. The van der Waals surface area contributed by atoms with E-state index in [0.29, 0.717) is 0 Å². The molecule has 0 heterocycles. The predicted octanol–water partition coefficient (Wildman–Crippen LogP) is 6.16. The lowest BCUT2D eigenvalue weighted by atomic mass is 9.83. The molecule has 0 radical (unpaired) electrons. The minimum Gasteiger partial charge on any atom is -0.491 e. The molecule has 2 aromatic rings. The molecule has 0 bridgehead atoms. The summed E-state index contributed by atoms with van der Waals surface area (Å²) in [5.41, 5.74) is 3.80. The molecule has 2 N–H and O–H groups in total. The van der Waals surface area contributed by atoms with Crippen LogP contribution in [0.15, 0.2) is 60.4 Å². The van der Waals surface area contributed by atoms with Gasteiger partial charge in [0.15, 0.2) is 0 Å². The predicted molar refractivity (Wildman–Crippen MR) is 129 cm³/mol. The van der Waals surface area contributed by atoms with E-state index in [1.54, 1.807) is 7.05 Å². The lowest BCUT2D eigenvalue weighted by molar-refractivity contribution is 0.240. The number of allylic oxidation sites excluding steroid dienone is 1. The maximum Gasteiger partial charge on any atom is 0.315 e. The van der Waals surface area contributed by atoms with Gasteiger partial charge in [-0.1, -0.05) is 24.3 Å². The normalized spacial score (nSPS) is 16.9. The van der Waals surface area contributed by atoms with Gasteiger partial charge in [0.2, 0.25) is 0 Å². The van der Waals surface area contributed by atoms with Crippen molar-refractivity contribution < 1.29 is 14.3 Å². The molecular formula is C27H36N2O3. The monoisotopic (exact) mass is 436 g/mol. The van der Waals surface area contributed by atoms with Crippen molar-refractivity contribution in [3.8, 4) is 11.5 Å². The smallest absolute Gasteiger partial charge is 0.315 e. The number of benzene rings is 2. The molecule has 1 saturated carbocycles. The van der Waals surface area contributed by atoms with E-state index in [0.717, 1.165) is 42.2 Å². The molecule has 172 valence electrons. The summed E-state index contributed by atoms with van der Waals surface area (Å²) >= 11 is 0. The van der Waals surface area contributed by atoms with E-state index in [9.17, 15) is 4.79 Å². The van der Waals surface area contributed by atoms with Gasteiger partial charge in [0.05, 0.1) is 18.4 Å². The summed E-state index contributed by atoms with van der Waals surface area (Å²) in [6.07, 6.45) is 7.82. The summed E-state index contributed by atoms with van der Waals surface area (Å²) in [5, 5.41) is 5.44. The van der Waals surface area contributed by atoms with Gasteiger partial charge >= 0.3 is 6.03 Å². The molecule has 1 aliphatic rings. The maximum absolute atomic E-state index is 11.5. The van der Waals surface area contributed by atoms with E-state index < -0.39 is 0 Å². The van der Waals surface area contributed by atoms with Crippen molar-refractivity contribution in [2.24, 2.45) is 5.92 Å². The topological polar surface area (TPSA) is 59.6 Å². The number of rotatable bonds is 8. The Hall–Kier alpha value is -2.95. The molecule has 0 saturated heterocycles. The zero-order chi connectivity index (χ0) is 22.9. The van der Waals surface area contributed by atoms with Gasteiger partial charge in [-0.3, -0.25) is 0 Å². The Labute approximate surface area is 192 Å². The molecule has 0 unspecified atom stereocenters. The largest absolute Gasteiger partial charge is 0.491 e. The fourth-order valence-electron chi connectivity index (χ4n) is 4.02. The number of hydrogen-bond donors (Lipinski definition) is 2. The van der Waals surface area contributed by atoms with Crippen molar-refractivity contribution >= 4 is 6.03 Å². The quantitative estimate of drug-likeness (QED) is 0.487. The molecule has 0 aromatic heterocycles. The number of carbonyl (C=O) groups excluding carboxylic acids is 1. The third kappa shape index (κ3) is 7.33. The lowest BCUT2D eigenvalue weighted by Crippen LogP contribution is -2.34. The minimum absolute atomic E-state index is 0.0587. The second-order valence-electron chi connectivity index (χ2n) is 8.87. The molecule has 0 spiro atoms. The van der Waals surface area contributed by atoms with Crippen molar-refractivity contribution in [3.05, 3.63) is 71.5 Å². The Morgan fingerprint density at radius 1 is 1.00 bits per heavy atom. The molecule has 32 heavy (non-hydrogen) atoms. The zero-order valence-electron chi connectivity index (χ0n) is 19.7. The molecule has 5 heteroatoms. The number of nitrogens with one attached hydrogen (secondary N) is 2. The molecule has 1 aliphatic carbocycles. The van der Waals surface area contributed by atoms with Crippen molar-refractivity contribution in [1.82, 2.24) is 10.6 Å². The zero-order valence-corrected chi connectivity index (χ0v) is 19.7. The Morgan fingerprint density at radius 3 is 2.22 bits per heavy atom. The van der Waals surface area contributed by atoms with Gasteiger partial charge in [-0.15, -0.1) is 0 Å². The molecular weight excluding hydrogens is 400 g/mol. The van der Waals surface area contributed by atoms with Crippen LogP contribution in [-0.2, 0) is 6.42 Å². The van der Waals surface area contributed by atoms with Crippen LogP contribution >= 0.6 is 0 Å². The number of hydrogen-bond acceptors (Lipinski definition) is 3. The molecule has 1 atom stereocenters. The first-order chi connectivity index (χ1) is 15.4. The Kier molecular flexibility index (Phi) is 8.60. The first-order valence-electron chi connectivity index (χ1n) is 11.6. The van der Waals surface area contributed by atoms with Crippen LogP contribution in [0.1, 0.15) is 63.6 Å². The standard InChI is InChI=1S/C27H36N2O3/c1-19(2)32-26-13-9-22(10-14-26)17-21-5-7-23(8-6-21)18-31-25-15-11-24(12-16-25)20(3)29-27(30)28-4/h9-16,18-21H,5-8,17H2,1-4H3,(H2,28,29,30)/t20-,21?/m0/s1. The van der Waals surface area contributed by atoms with Crippen LogP contribution in [0.4, 0.5) is 4.79 Å². The van der Waals surface area contributed by atoms with Gasteiger partial charge in [0.1, 0.15) is 11.5 Å². The molecule has 1 fully saturated rings. The minimum atomic E-state index is -0.185. The first-order valence-corrected chi connectivity index (χ1v) is 11.6. The average molecular weight is 437 g/mol. The van der Waals surface area contributed by atoms with Crippen LogP contribution in [0.3, 0.4) is 0 Å². The Morgan fingerprint density at radius 2 is 1.62 bits per heavy atom. The van der Waals surface area contributed by atoms with E-state index in [4.69, 9.17) is 9.47 Å². The van der Waals surface area contributed by atoms with Gasteiger partial charge in [-0.05, 0) is 99.8 Å². The van der Waals surface area contributed by atoms with Crippen molar-refractivity contribution in [3.63, 3.8) is 0 Å². The summed E-state index contributed by atoms with van der Waals surface area (Å²) < 4.78 is 11.6. The van der Waals surface area contributed by atoms with Crippen molar-refractivity contribution in [1.29, 1.82) is 0 Å². The number of amides is 2. The van der Waals surface area contributed by atoms with Crippen LogP contribution in [0, 0.1) is 5.92 Å². The fraction of sp³-hybridized carbons (Fsp3) is 0.444. The summed E-state index contributed by atoms with van der Waals surface area (Å²) in [6, 6.07) is 16.2. The van der Waals surface area contributed by atoms with E-state index in [1.165, 1.54) is 24.0 Å². The second kappa shape index (κ2) is 11.6. The van der Waals surface area contributed by atoms with E-state index >= 15 is 0 Å². The molecule has 2 amide bonds. The van der Waals surface area contributed by atoms with Crippen LogP contribution in [0.5, 0.6) is 11.5 Å². The summed E-state index contributed by atoms with van der Waals surface area (Å²) in [6.45, 7) is 6.06. The van der Waals surface area contributed by atoms with Crippen LogP contribution < -0.4 is 20.1 Å². The van der Waals surface area contributed by atoms with Gasteiger partial charge in [-0.25, -0.2) is 4.79 Å². The van der Waals surface area contributed by atoms with Crippen LogP contribution in [0.2, 0.25) is 0 Å². The second-order valence-corrected chi connectivity index (χ2v) is 8.87. The number of ether oxygens (including phenoxy) is 2. The van der Waals surface area contributed by atoms with E-state index in [1.807, 2.05) is 51.3 Å². The Bertz CT molecular complexity index is 878. The molecule has 2 aromatic carbocycles. The molecule has 0 aliphatic heterocycles. The summed E-state index contributed by atoms with van der Waals surface area (Å²) in [5.74, 6) is 2.48. The number of carbonyl (C=O) groups is 1. The van der Waals surface area contributed by atoms with E-state index in [-0.39, 0.29) is 18.2 Å². The lowest BCUT2D eigenvalue weighted by Gasteiger charge is -2.24. The van der Waals surface area contributed by atoms with Gasteiger partial charge in [0, 0.05) is 7.05 Å². The highest BCUT2D eigenvalue weighted by Gasteiger charge is 2.17. The fourth-order valence-corrected chi connectivity index (χ4v) is 4.02.